The summed E-state index contributed by atoms with van der Waals surface area (Å²) in [7, 11) is 0. The summed E-state index contributed by atoms with van der Waals surface area (Å²) in [6.45, 7) is 2.38. The minimum atomic E-state index is -1.26. The van der Waals surface area contributed by atoms with Gasteiger partial charge in [0.25, 0.3) is 5.91 Å². The first-order valence-corrected chi connectivity index (χ1v) is 15.1. The molecule has 1 aliphatic rings. The van der Waals surface area contributed by atoms with E-state index in [4.69, 9.17) is 4.98 Å². The van der Waals surface area contributed by atoms with Gasteiger partial charge in [0.1, 0.15) is 17.3 Å². The van der Waals surface area contributed by atoms with Crippen molar-refractivity contribution < 1.29 is 18.8 Å². The highest BCUT2D eigenvalue weighted by molar-refractivity contribution is 7.89. The number of aliphatic hydroxyl groups is 1. The number of pyridine rings is 2. The first-order chi connectivity index (χ1) is 20.0. The Morgan fingerprint density at radius 3 is 2.68 bits per heavy atom. The molecule has 212 valence electrons. The van der Waals surface area contributed by atoms with Crippen molar-refractivity contribution in [1.29, 1.82) is 0 Å². The molecule has 1 aliphatic heterocycles. The lowest BCUT2D eigenvalue weighted by Gasteiger charge is -2.26. The summed E-state index contributed by atoms with van der Waals surface area (Å²) < 4.78 is 29.5. The van der Waals surface area contributed by atoms with E-state index in [9.17, 15) is 18.8 Å². The van der Waals surface area contributed by atoms with Crippen LogP contribution in [0.15, 0.2) is 79.1 Å². The number of carbonyl (C=O) groups excluding carboxylic acids is 1. The number of nitrogens with zero attached hydrogens (tertiary/aromatic N) is 3. The highest BCUT2D eigenvalue weighted by atomic mass is 32.2. The Morgan fingerprint density at radius 2 is 1.93 bits per heavy atom. The quantitative estimate of drug-likeness (QED) is 0.228. The van der Waals surface area contributed by atoms with Crippen LogP contribution in [0, 0.1) is 5.82 Å². The van der Waals surface area contributed by atoms with Gasteiger partial charge in [0.05, 0.1) is 18.3 Å². The third-order valence-corrected chi connectivity index (χ3v) is 8.79. The lowest BCUT2D eigenvalue weighted by atomic mass is 9.94. The fourth-order valence-electron chi connectivity index (χ4n) is 5.17. The van der Waals surface area contributed by atoms with Crippen molar-refractivity contribution in [1.82, 2.24) is 19.6 Å². The minimum Gasteiger partial charge on any atom is -0.598 e. The second-order valence-corrected chi connectivity index (χ2v) is 11.5. The monoisotopic (exact) mass is 572 g/mol. The number of aromatic nitrogens is 2. The van der Waals surface area contributed by atoms with Crippen LogP contribution in [0.3, 0.4) is 0 Å². The molecule has 1 unspecified atom stereocenters. The van der Waals surface area contributed by atoms with Gasteiger partial charge in [-0.2, -0.15) is 0 Å². The molecule has 0 radical (unpaired) electrons. The number of carbonyl (C=O) groups is 1. The molecule has 0 spiro atoms. The Labute approximate surface area is 242 Å². The van der Waals surface area contributed by atoms with Crippen molar-refractivity contribution in [2.75, 3.05) is 12.4 Å². The first-order valence-electron chi connectivity index (χ1n) is 13.8. The van der Waals surface area contributed by atoms with Gasteiger partial charge in [0.2, 0.25) is 0 Å². The molecule has 0 saturated heterocycles. The first kappa shape index (κ1) is 28.9. The molecule has 0 aliphatic carbocycles. The molecule has 2 atom stereocenters. The minimum absolute atomic E-state index is 0.0242. The van der Waals surface area contributed by atoms with Crippen LogP contribution in [0.25, 0.3) is 22.4 Å². The molecule has 3 heterocycles. The van der Waals surface area contributed by atoms with Crippen molar-refractivity contribution in [2.24, 2.45) is 0 Å². The van der Waals surface area contributed by atoms with Crippen LogP contribution < -0.4 is 5.32 Å². The molecule has 41 heavy (non-hydrogen) atoms. The van der Waals surface area contributed by atoms with Crippen LogP contribution in [0.1, 0.15) is 59.4 Å². The number of halogens is 1. The Kier molecular flexibility index (Phi) is 9.41. The largest absolute Gasteiger partial charge is 0.598 e. The number of unbranched alkanes of at least 4 members (excludes halogenated alkanes) is 1. The SMILES string of the molecule is CCCC[S+]([O-])N1Cc2cc(C(=O)NCc3ccccc3F)nc(-c3cccc(-c4cccnc4)c3)c2[C@@H]1CCO. The maximum absolute atomic E-state index is 14.2. The Bertz CT molecular complexity index is 1500. The number of nitrogens with one attached hydrogen (secondary N) is 1. The molecule has 0 fully saturated rings. The second-order valence-electron chi connectivity index (χ2n) is 10.0. The lowest BCUT2D eigenvalue weighted by molar-refractivity contribution is 0.0945. The van der Waals surface area contributed by atoms with Crippen molar-refractivity contribution in [3.8, 4) is 22.4 Å². The lowest BCUT2D eigenvalue weighted by Crippen LogP contribution is -2.32. The molecule has 5 rings (SSSR count). The van der Waals surface area contributed by atoms with E-state index in [0.29, 0.717) is 30.0 Å². The van der Waals surface area contributed by atoms with Gasteiger partial charge in [0.15, 0.2) is 0 Å². The van der Waals surface area contributed by atoms with E-state index in [1.165, 1.54) is 6.07 Å². The summed E-state index contributed by atoms with van der Waals surface area (Å²) in [4.78, 5) is 22.4. The van der Waals surface area contributed by atoms with E-state index in [-0.39, 0.29) is 30.7 Å². The topological polar surface area (TPSA) is 101 Å². The van der Waals surface area contributed by atoms with Crippen LogP contribution in [0.2, 0.25) is 0 Å². The van der Waals surface area contributed by atoms with Crippen molar-refractivity contribution >= 4 is 17.3 Å². The molecule has 7 nitrogen and oxygen atoms in total. The van der Waals surface area contributed by atoms with Crippen molar-refractivity contribution in [3.05, 3.63) is 107 Å². The zero-order valence-electron chi connectivity index (χ0n) is 22.9. The van der Waals surface area contributed by atoms with E-state index in [1.807, 2.05) is 40.7 Å². The van der Waals surface area contributed by atoms with Crippen LogP contribution in [-0.4, -0.2) is 42.2 Å². The van der Waals surface area contributed by atoms with E-state index < -0.39 is 17.3 Å². The van der Waals surface area contributed by atoms with Gasteiger partial charge in [-0.05, 0) is 48.2 Å². The van der Waals surface area contributed by atoms with Crippen LogP contribution in [-0.2, 0) is 24.5 Å². The summed E-state index contributed by atoms with van der Waals surface area (Å²) in [5, 5.41) is 12.8. The third-order valence-electron chi connectivity index (χ3n) is 7.25. The van der Waals surface area contributed by atoms with E-state index >= 15 is 0 Å². The normalized spacial score (nSPS) is 15.5. The zero-order valence-corrected chi connectivity index (χ0v) is 23.7. The van der Waals surface area contributed by atoms with Crippen LogP contribution in [0.4, 0.5) is 4.39 Å². The number of fused-ring (bicyclic) bond motifs is 1. The number of hydrogen-bond acceptors (Lipinski definition) is 6. The molecule has 4 aromatic rings. The second kappa shape index (κ2) is 13.4. The number of rotatable bonds is 11. The molecule has 2 N–H and O–H groups in total. The summed E-state index contributed by atoms with van der Waals surface area (Å²) in [5.41, 5.74) is 5.60. The molecule has 1 amide bonds. The average molecular weight is 573 g/mol. The van der Waals surface area contributed by atoms with Crippen molar-refractivity contribution in [2.45, 2.75) is 45.3 Å². The predicted octanol–water partition coefficient (Wildman–Crippen LogP) is 5.58. The Hall–Kier alpha value is -3.63. The number of aliphatic hydroxyl groups excluding tert-OH is 1. The van der Waals surface area contributed by atoms with E-state index in [0.717, 1.165) is 40.7 Å². The molecule has 2 aromatic heterocycles. The maximum atomic E-state index is 14.2. The van der Waals surface area contributed by atoms with Gasteiger partial charge in [0, 0.05) is 59.2 Å². The molecule has 2 aromatic carbocycles. The van der Waals surface area contributed by atoms with Crippen molar-refractivity contribution in [3.63, 3.8) is 0 Å². The van der Waals surface area contributed by atoms with Gasteiger partial charge in [-0.25, -0.2) is 9.37 Å². The third kappa shape index (κ3) is 6.49. The Morgan fingerprint density at radius 1 is 1.12 bits per heavy atom. The fourth-order valence-corrected chi connectivity index (χ4v) is 6.71. The Balaban J connectivity index is 1.57. The summed E-state index contributed by atoms with van der Waals surface area (Å²) in [6.07, 6.45) is 5.65. The molecular formula is C32H33FN4O3S. The maximum Gasteiger partial charge on any atom is 0.270 e. The van der Waals surface area contributed by atoms with Gasteiger partial charge >= 0.3 is 0 Å². The zero-order chi connectivity index (χ0) is 28.8. The van der Waals surface area contributed by atoms with Gasteiger partial charge < -0.3 is 15.0 Å². The number of benzene rings is 2. The molecular weight excluding hydrogens is 539 g/mol. The number of amides is 1. The fraction of sp³-hybridized carbons (Fsp3) is 0.281. The van der Waals surface area contributed by atoms with Gasteiger partial charge in [-0.3, -0.25) is 9.78 Å². The van der Waals surface area contributed by atoms with E-state index in [2.05, 4.69) is 17.2 Å². The van der Waals surface area contributed by atoms with Crippen LogP contribution >= 0.6 is 0 Å². The van der Waals surface area contributed by atoms with E-state index in [1.54, 1.807) is 36.7 Å². The summed E-state index contributed by atoms with van der Waals surface area (Å²) in [6, 6.07) is 19.5. The van der Waals surface area contributed by atoms with Gasteiger partial charge in [-0.15, -0.1) is 4.31 Å². The summed E-state index contributed by atoms with van der Waals surface area (Å²) in [5.74, 6) is -0.286. The molecule has 0 saturated carbocycles. The highest BCUT2D eigenvalue weighted by Crippen LogP contribution is 2.43. The standard InChI is InChI=1S/C32H33FN4O3S/c1-2-3-16-41(40)37-21-26-18-28(32(39)35-20-25-8-4-5-12-27(25)33)36-31(30(26)29(37)13-15-38)23-10-6-9-22(17-23)24-11-7-14-34-19-24/h4-12,14,17-19,29,38H,2-3,13,15-16,20-21H2,1H3,(H,35,39)/t29-,41?/m0/s1. The molecule has 0 bridgehead atoms. The number of hydrogen-bond donors (Lipinski definition) is 2. The smallest absolute Gasteiger partial charge is 0.270 e. The average Bonchev–Trinajstić information content (AvgIpc) is 3.38. The predicted molar refractivity (Wildman–Crippen MR) is 158 cm³/mol. The molecule has 9 heteroatoms. The highest BCUT2D eigenvalue weighted by Gasteiger charge is 2.40. The summed E-state index contributed by atoms with van der Waals surface area (Å²) >= 11 is -1.26. The van der Waals surface area contributed by atoms with Crippen LogP contribution in [0.5, 0.6) is 0 Å². The van der Waals surface area contributed by atoms with Gasteiger partial charge in [-0.1, -0.05) is 55.8 Å².